The van der Waals surface area contributed by atoms with E-state index < -0.39 is 17.5 Å². The van der Waals surface area contributed by atoms with Gasteiger partial charge in [-0.15, -0.1) is 53.6 Å². The van der Waals surface area contributed by atoms with Crippen molar-refractivity contribution in [2.45, 2.75) is 0 Å². The first kappa shape index (κ1) is 25.0. The Bertz CT molecular complexity index is 1250. The topological polar surface area (TPSA) is 25.8 Å². The first-order chi connectivity index (χ1) is 16.1. The summed E-state index contributed by atoms with van der Waals surface area (Å²) in [7, 11) is 0. The van der Waals surface area contributed by atoms with Crippen LogP contribution in [0.4, 0.5) is 13.2 Å². The van der Waals surface area contributed by atoms with Gasteiger partial charge in [-0.1, -0.05) is 48.5 Å². The van der Waals surface area contributed by atoms with E-state index in [1.54, 1.807) is 18.2 Å². The van der Waals surface area contributed by atoms with Crippen molar-refractivity contribution in [3.63, 3.8) is 0 Å². The molecule has 0 bridgehead atoms. The number of aromatic nitrogens is 2. The molecular formula is C28H17F3IrN2-2. The maximum atomic E-state index is 12.9. The van der Waals surface area contributed by atoms with Gasteiger partial charge in [0.2, 0.25) is 0 Å². The smallest absolute Gasteiger partial charge is 0.108 e. The maximum Gasteiger partial charge on any atom is 0.108 e. The molecule has 2 aromatic heterocycles. The quantitative estimate of drug-likeness (QED) is 0.156. The Morgan fingerprint density at radius 1 is 0.618 bits per heavy atom. The zero-order valence-electron chi connectivity index (χ0n) is 17.7. The largest absolute Gasteiger partial charge is 0.305 e. The molecule has 0 N–H and O–H groups in total. The van der Waals surface area contributed by atoms with Crippen LogP contribution < -0.4 is 0 Å². The third-order valence-corrected chi connectivity index (χ3v) is 4.71. The van der Waals surface area contributed by atoms with Crippen molar-refractivity contribution in [2.75, 3.05) is 0 Å². The normalized spacial score (nSPS) is 9.97. The van der Waals surface area contributed by atoms with E-state index >= 15 is 0 Å². The molecule has 0 saturated heterocycles. The molecule has 171 valence electrons. The van der Waals surface area contributed by atoms with Gasteiger partial charge in [0.25, 0.3) is 0 Å². The fraction of sp³-hybridized carbons (Fsp3) is 0. The molecule has 5 aromatic rings. The van der Waals surface area contributed by atoms with E-state index in [-0.39, 0.29) is 25.7 Å². The van der Waals surface area contributed by atoms with Gasteiger partial charge in [0.15, 0.2) is 0 Å². The van der Waals surface area contributed by atoms with Gasteiger partial charge in [-0.3, -0.25) is 4.39 Å². The Labute approximate surface area is 209 Å². The molecule has 0 aliphatic rings. The molecule has 0 amide bonds. The standard InChI is InChI=1S/C17H12N.C11H5F3N.Ir/c1-3-7-14(8-4-1)16-11-12-18-17(13-16)15-9-5-2-6-10-15;12-8-5-7(6-9(13)11(8)14)10-3-1-2-4-15-10;/h1-9,11-13H;1-5H;/q2*-1;. The summed E-state index contributed by atoms with van der Waals surface area (Å²) in [5.74, 6) is -4.10. The first-order valence-electron chi connectivity index (χ1n) is 10.1. The fourth-order valence-corrected chi connectivity index (χ4v) is 3.10. The van der Waals surface area contributed by atoms with Gasteiger partial charge >= 0.3 is 0 Å². The Morgan fingerprint density at radius 2 is 1.35 bits per heavy atom. The van der Waals surface area contributed by atoms with Crippen LogP contribution >= 0.6 is 0 Å². The molecule has 2 heterocycles. The monoisotopic (exact) mass is 631 g/mol. The number of pyridine rings is 2. The first-order valence-corrected chi connectivity index (χ1v) is 10.1. The van der Waals surface area contributed by atoms with Crippen molar-refractivity contribution >= 4 is 0 Å². The summed E-state index contributed by atoms with van der Waals surface area (Å²) in [4.78, 5) is 8.28. The molecular weight excluding hydrogens is 614 g/mol. The van der Waals surface area contributed by atoms with E-state index in [1.165, 1.54) is 17.3 Å². The molecule has 0 atom stereocenters. The number of nitrogens with zero attached hydrogens (tertiary/aromatic N) is 2. The second-order valence-corrected chi connectivity index (χ2v) is 6.95. The van der Waals surface area contributed by atoms with Gasteiger partial charge in [0.05, 0.1) is 11.6 Å². The zero-order valence-corrected chi connectivity index (χ0v) is 20.1. The van der Waals surface area contributed by atoms with Crippen molar-refractivity contribution < 1.29 is 33.3 Å². The Morgan fingerprint density at radius 3 is 2.03 bits per heavy atom. The molecule has 0 spiro atoms. The number of hydrogen-bond donors (Lipinski definition) is 0. The molecule has 1 radical (unpaired) electrons. The molecule has 5 rings (SSSR count). The zero-order chi connectivity index (χ0) is 23.0. The number of rotatable bonds is 3. The third-order valence-electron chi connectivity index (χ3n) is 4.71. The van der Waals surface area contributed by atoms with Crippen molar-refractivity contribution in [3.8, 4) is 33.6 Å². The minimum atomic E-state index is -1.52. The third kappa shape index (κ3) is 6.25. The predicted octanol–water partition coefficient (Wildman–Crippen LogP) is 7.18. The molecule has 0 aliphatic carbocycles. The van der Waals surface area contributed by atoms with E-state index in [4.69, 9.17) is 0 Å². The van der Waals surface area contributed by atoms with Crippen LogP contribution in [0.1, 0.15) is 0 Å². The minimum absolute atomic E-state index is 0. The van der Waals surface area contributed by atoms with Crippen molar-refractivity contribution in [2.24, 2.45) is 0 Å². The van der Waals surface area contributed by atoms with Crippen LogP contribution in [0, 0.1) is 29.6 Å². The Hall–Kier alpha value is -3.60. The molecule has 34 heavy (non-hydrogen) atoms. The summed E-state index contributed by atoms with van der Waals surface area (Å²) >= 11 is 0. The van der Waals surface area contributed by atoms with Crippen LogP contribution in [-0.2, 0) is 20.1 Å². The second kappa shape index (κ2) is 12.0. The van der Waals surface area contributed by atoms with Crippen LogP contribution in [0.15, 0.2) is 103 Å². The van der Waals surface area contributed by atoms with Gasteiger partial charge in [-0.25, -0.2) is 8.78 Å². The summed E-state index contributed by atoms with van der Waals surface area (Å²) < 4.78 is 38.3. The molecule has 0 aliphatic heterocycles. The summed E-state index contributed by atoms with van der Waals surface area (Å²) in [5, 5.41) is 0. The van der Waals surface area contributed by atoms with Crippen LogP contribution in [0.2, 0.25) is 0 Å². The van der Waals surface area contributed by atoms with Gasteiger partial charge in [0, 0.05) is 32.5 Å². The fourth-order valence-electron chi connectivity index (χ4n) is 3.10. The molecule has 0 saturated carbocycles. The second-order valence-electron chi connectivity index (χ2n) is 6.95. The van der Waals surface area contributed by atoms with Gasteiger partial charge < -0.3 is 9.97 Å². The van der Waals surface area contributed by atoms with Gasteiger partial charge in [-0.05, 0) is 34.6 Å². The molecule has 2 nitrogen and oxygen atoms in total. The van der Waals surface area contributed by atoms with Gasteiger partial charge in [-0.2, -0.15) is 0 Å². The van der Waals surface area contributed by atoms with Crippen LogP contribution in [0.25, 0.3) is 33.6 Å². The van der Waals surface area contributed by atoms with Crippen LogP contribution in [0.3, 0.4) is 0 Å². The summed E-state index contributed by atoms with van der Waals surface area (Å²) in [6, 6.07) is 33.4. The Balaban J connectivity index is 0.000000188. The maximum absolute atomic E-state index is 12.9. The number of hydrogen-bond acceptors (Lipinski definition) is 2. The molecule has 0 fully saturated rings. The van der Waals surface area contributed by atoms with E-state index in [0.717, 1.165) is 17.3 Å². The van der Waals surface area contributed by atoms with Gasteiger partial charge in [0.1, 0.15) is 5.82 Å². The van der Waals surface area contributed by atoms with E-state index in [9.17, 15) is 13.2 Å². The van der Waals surface area contributed by atoms with Crippen LogP contribution in [-0.4, -0.2) is 9.97 Å². The predicted molar refractivity (Wildman–Crippen MR) is 122 cm³/mol. The van der Waals surface area contributed by atoms with Crippen LogP contribution in [0.5, 0.6) is 0 Å². The molecule has 6 heteroatoms. The summed E-state index contributed by atoms with van der Waals surface area (Å²) in [6.07, 6.45) is 3.32. The average molecular weight is 631 g/mol. The van der Waals surface area contributed by atoms with Crippen molar-refractivity contribution in [1.29, 1.82) is 0 Å². The summed E-state index contributed by atoms with van der Waals surface area (Å²) in [5.41, 5.74) is 4.80. The number of benzene rings is 3. The Kier molecular flexibility index (Phi) is 8.86. The average Bonchev–Trinajstić information content (AvgIpc) is 2.89. The van der Waals surface area contributed by atoms with E-state index in [2.05, 4.69) is 40.3 Å². The molecule has 0 unspecified atom stereocenters. The van der Waals surface area contributed by atoms with Crippen molar-refractivity contribution in [3.05, 3.63) is 133 Å². The van der Waals surface area contributed by atoms with E-state index in [1.807, 2.05) is 54.7 Å². The minimum Gasteiger partial charge on any atom is -0.305 e. The van der Waals surface area contributed by atoms with Crippen molar-refractivity contribution in [1.82, 2.24) is 9.97 Å². The SMILES string of the molecule is Fc1[c-]c(-c2ccccn2)cc(F)c1F.[Ir].[c-]1ccccc1-c1cc(-c2ccccc2)ccn1. The number of halogens is 3. The van der Waals surface area contributed by atoms with E-state index in [0.29, 0.717) is 5.69 Å². The molecule has 3 aromatic carbocycles. The summed E-state index contributed by atoms with van der Waals surface area (Å²) in [6.45, 7) is 0.